The number of anilines is 1. The summed E-state index contributed by atoms with van der Waals surface area (Å²) in [5.74, 6) is -0.244. The second-order valence-corrected chi connectivity index (χ2v) is 7.57. The van der Waals surface area contributed by atoms with Crippen molar-refractivity contribution >= 4 is 27.7 Å². The summed E-state index contributed by atoms with van der Waals surface area (Å²) in [6, 6.07) is 14.8. The zero-order chi connectivity index (χ0) is 20.0. The Kier molecular flexibility index (Phi) is 6.03. The number of hydrogen-bond donors (Lipinski definition) is 2. The maximum Gasteiger partial charge on any atom is 0.248 e. The number of sulfonamides is 1. The van der Waals surface area contributed by atoms with Gasteiger partial charge in [0.25, 0.3) is 0 Å². The van der Waals surface area contributed by atoms with Crippen LogP contribution in [0.5, 0.6) is 0 Å². The molecule has 144 valence electrons. The van der Waals surface area contributed by atoms with E-state index in [4.69, 9.17) is 4.42 Å². The molecule has 1 aromatic heterocycles. The van der Waals surface area contributed by atoms with E-state index in [0.29, 0.717) is 17.0 Å². The summed E-state index contributed by atoms with van der Waals surface area (Å²) >= 11 is 0. The van der Waals surface area contributed by atoms with Gasteiger partial charge in [-0.3, -0.25) is 4.79 Å². The molecule has 0 unspecified atom stereocenters. The van der Waals surface area contributed by atoms with Crippen molar-refractivity contribution in [3.8, 4) is 0 Å². The minimum atomic E-state index is -3.70. The Balaban J connectivity index is 1.58. The van der Waals surface area contributed by atoms with E-state index in [2.05, 4.69) is 10.0 Å². The third-order valence-corrected chi connectivity index (χ3v) is 5.16. The summed E-state index contributed by atoms with van der Waals surface area (Å²) in [5.41, 5.74) is 1.12. The summed E-state index contributed by atoms with van der Waals surface area (Å²) in [4.78, 5) is 12.0. The molecular weight excluding hydrogens is 383 g/mol. The molecular formula is C20H17FN2O4S. The topological polar surface area (TPSA) is 88.4 Å². The Morgan fingerprint density at radius 2 is 1.75 bits per heavy atom. The molecule has 6 nitrogen and oxygen atoms in total. The van der Waals surface area contributed by atoms with Gasteiger partial charge < -0.3 is 9.73 Å². The van der Waals surface area contributed by atoms with Gasteiger partial charge in [0.2, 0.25) is 15.9 Å². The maximum absolute atomic E-state index is 12.9. The Morgan fingerprint density at radius 3 is 2.39 bits per heavy atom. The van der Waals surface area contributed by atoms with Crippen LogP contribution in [0.4, 0.5) is 10.1 Å². The van der Waals surface area contributed by atoms with Crippen LogP contribution in [0.1, 0.15) is 11.3 Å². The largest absolute Gasteiger partial charge is 0.468 e. The van der Waals surface area contributed by atoms with Crippen LogP contribution in [-0.4, -0.2) is 14.3 Å². The monoisotopic (exact) mass is 400 g/mol. The van der Waals surface area contributed by atoms with Crippen molar-refractivity contribution in [1.29, 1.82) is 0 Å². The number of furan rings is 1. The highest BCUT2D eigenvalue weighted by Gasteiger charge is 2.14. The Bertz CT molecular complexity index is 1060. The van der Waals surface area contributed by atoms with E-state index in [1.807, 2.05) is 0 Å². The molecule has 2 aromatic carbocycles. The summed E-state index contributed by atoms with van der Waals surface area (Å²) in [5, 5.41) is 2.63. The number of carbonyl (C=O) groups excluding carboxylic acids is 1. The molecule has 0 saturated heterocycles. The lowest BCUT2D eigenvalue weighted by atomic mass is 10.2. The number of amides is 1. The van der Waals surface area contributed by atoms with E-state index in [0.717, 1.165) is 0 Å². The highest BCUT2D eigenvalue weighted by atomic mass is 32.2. The van der Waals surface area contributed by atoms with Crippen molar-refractivity contribution in [2.75, 3.05) is 5.32 Å². The fourth-order valence-corrected chi connectivity index (χ4v) is 3.30. The van der Waals surface area contributed by atoms with Crippen molar-refractivity contribution in [3.05, 3.63) is 90.1 Å². The predicted molar refractivity (Wildman–Crippen MR) is 103 cm³/mol. The standard InChI is InChI=1S/C20H17FN2O4S/c21-16-6-3-15(4-7-16)5-12-20(24)23-17-8-10-19(11-9-17)28(25,26)22-14-18-2-1-13-27-18/h1-13,22H,14H2,(H,23,24)/b12-5+. The molecule has 28 heavy (non-hydrogen) atoms. The average Bonchev–Trinajstić information content (AvgIpc) is 3.20. The number of benzene rings is 2. The summed E-state index contributed by atoms with van der Waals surface area (Å²) in [6.45, 7) is 0.0437. The van der Waals surface area contributed by atoms with Gasteiger partial charge in [-0.05, 0) is 60.2 Å². The second-order valence-electron chi connectivity index (χ2n) is 5.80. The first-order valence-corrected chi connectivity index (χ1v) is 9.77. The maximum atomic E-state index is 12.9. The first kappa shape index (κ1) is 19.5. The third-order valence-electron chi connectivity index (χ3n) is 3.75. The minimum Gasteiger partial charge on any atom is -0.468 e. The van der Waals surface area contributed by atoms with Gasteiger partial charge in [0.15, 0.2) is 0 Å². The van der Waals surface area contributed by atoms with Crippen molar-refractivity contribution in [2.45, 2.75) is 11.4 Å². The molecule has 0 aliphatic heterocycles. The van der Waals surface area contributed by atoms with E-state index < -0.39 is 15.9 Å². The highest BCUT2D eigenvalue weighted by Crippen LogP contribution is 2.15. The van der Waals surface area contributed by atoms with Gasteiger partial charge >= 0.3 is 0 Å². The summed E-state index contributed by atoms with van der Waals surface area (Å²) in [7, 11) is -3.70. The number of nitrogens with one attached hydrogen (secondary N) is 2. The molecule has 0 atom stereocenters. The fraction of sp³-hybridized carbons (Fsp3) is 0.0500. The van der Waals surface area contributed by atoms with Crippen molar-refractivity contribution < 1.29 is 22.0 Å². The molecule has 0 spiro atoms. The number of carbonyl (C=O) groups is 1. The smallest absolute Gasteiger partial charge is 0.248 e. The Morgan fingerprint density at radius 1 is 1.04 bits per heavy atom. The third kappa shape index (κ3) is 5.38. The average molecular weight is 400 g/mol. The molecule has 0 aliphatic rings. The minimum absolute atomic E-state index is 0.0437. The van der Waals surface area contributed by atoms with Crippen molar-refractivity contribution in [1.82, 2.24) is 4.72 Å². The molecule has 0 bridgehead atoms. The van der Waals surface area contributed by atoms with E-state index in [9.17, 15) is 17.6 Å². The fourth-order valence-electron chi connectivity index (χ4n) is 2.31. The highest BCUT2D eigenvalue weighted by molar-refractivity contribution is 7.89. The SMILES string of the molecule is O=C(/C=C/c1ccc(F)cc1)Nc1ccc(S(=O)(=O)NCc2ccco2)cc1. The van der Waals surface area contributed by atoms with Crippen LogP contribution in [0.25, 0.3) is 6.08 Å². The number of rotatable bonds is 7. The normalized spacial score (nSPS) is 11.6. The van der Waals surface area contributed by atoms with Crippen molar-refractivity contribution in [2.24, 2.45) is 0 Å². The quantitative estimate of drug-likeness (QED) is 0.594. The molecule has 1 heterocycles. The zero-order valence-electron chi connectivity index (χ0n) is 14.6. The molecule has 0 radical (unpaired) electrons. The molecule has 3 aromatic rings. The molecule has 0 fully saturated rings. The second kappa shape index (κ2) is 8.64. The lowest BCUT2D eigenvalue weighted by Gasteiger charge is -2.07. The summed E-state index contributed by atoms with van der Waals surface area (Å²) < 4.78 is 44.9. The van der Waals surface area contributed by atoms with Gasteiger partial charge in [-0.2, -0.15) is 0 Å². The lowest BCUT2D eigenvalue weighted by Crippen LogP contribution is -2.23. The van der Waals surface area contributed by atoms with Gasteiger partial charge in [0.05, 0.1) is 17.7 Å². The molecule has 1 amide bonds. The zero-order valence-corrected chi connectivity index (χ0v) is 15.4. The Hall–Kier alpha value is -3.23. The predicted octanol–water partition coefficient (Wildman–Crippen LogP) is 3.55. The van der Waals surface area contributed by atoms with E-state index in [1.54, 1.807) is 30.3 Å². The van der Waals surface area contributed by atoms with E-state index in [-0.39, 0.29) is 17.3 Å². The number of hydrogen-bond acceptors (Lipinski definition) is 4. The molecule has 0 saturated carbocycles. The molecule has 2 N–H and O–H groups in total. The van der Waals surface area contributed by atoms with E-state index >= 15 is 0 Å². The molecule has 8 heteroatoms. The van der Waals surface area contributed by atoms with Gasteiger partial charge in [0.1, 0.15) is 11.6 Å². The molecule has 3 rings (SSSR count). The van der Waals surface area contributed by atoms with Gasteiger partial charge in [-0.15, -0.1) is 0 Å². The first-order valence-electron chi connectivity index (χ1n) is 8.29. The number of halogens is 1. The van der Waals surface area contributed by atoms with Crippen molar-refractivity contribution in [3.63, 3.8) is 0 Å². The molecule has 0 aliphatic carbocycles. The van der Waals surface area contributed by atoms with Crippen LogP contribution in [0.3, 0.4) is 0 Å². The van der Waals surface area contributed by atoms with Crippen LogP contribution >= 0.6 is 0 Å². The van der Waals surface area contributed by atoms with Gasteiger partial charge in [0, 0.05) is 11.8 Å². The van der Waals surface area contributed by atoms with Crippen LogP contribution in [0, 0.1) is 5.82 Å². The lowest BCUT2D eigenvalue weighted by molar-refractivity contribution is -0.111. The van der Waals surface area contributed by atoms with Crippen LogP contribution in [-0.2, 0) is 21.4 Å². The first-order chi connectivity index (χ1) is 13.4. The van der Waals surface area contributed by atoms with Crippen LogP contribution in [0.15, 0.2) is 82.3 Å². The van der Waals surface area contributed by atoms with Gasteiger partial charge in [-0.1, -0.05) is 12.1 Å². The van der Waals surface area contributed by atoms with Gasteiger partial charge in [-0.25, -0.2) is 17.5 Å². The van der Waals surface area contributed by atoms with Crippen LogP contribution in [0.2, 0.25) is 0 Å². The van der Waals surface area contributed by atoms with E-state index in [1.165, 1.54) is 48.7 Å². The van der Waals surface area contributed by atoms with Crippen LogP contribution < -0.4 is 10.0 Å². The Labute approximate surface area is 161 Å². The summed E-state index contributed by atoms with van der Waals surface area (Å²) in [6.07, 6.45) is 4.32.